The summed E-state index contributed by atoms with van der Waals surface area (Å²) in [7, 11) is 0. The molecule has 0 fully saturated rings. The number of quaternary nitrogens is 1. The summed E-state index contributed by atoms with van der Waals surface area (Å²) < 4.78 is 0. The second-order valence-electron chi connectivity index (χ2n) is 5.70. The molecule has 0 aliphatic heterocycles. The van der Waals surface area contributed by atoms with Crippen molar-refractivity contribution in [2.75, 3.05) is 13.2 Å². The zero-order chi connectivity index (χ0) is 15.2. The van der Waals surface area contributed by atoms with Gasteiger partial charge in [-0.3, -0.25) is 0 Å². The summed E-state index contributed by atoms with van der Waals surface area (Å²) in [6.07, 6.45) is 0. The van der Waals surface area contributed by atoms with Crippen molar-refractivity contribution in [3.63, 3.8) is 0 Å². The van der Waals surface area contributed by atoms with E-state index in [4.69, 9.17) is 0 Å². The molecule has 0 spiro atoms. The first-order chi connectivity index (χ1) is 10.9. The first kappa shape index (κ1) is 14.8. The predicted octanol–water partition coefficient (Wildman–Crippen LogP) is 2.42. The lowest BCUT2D eigenvalue weighted by Gasteiger charge is -2.19. The van der Waals surface area contributed by atoms with E-state index in [2.05, 4.69) is 66.7 Å². The van der Waals surface area contributed by atoms with Gasteiger partial charge in [-0.15, -0.1) is 0 Å². The van der Waals surface area contributed by atoms with E-state index in [1.807, 2.05) is 6.07 Å². The maximum absolute atomic E-state index is 9.39. The van der Waals surface area contributed by atoms with Gasteiger partial charge in [-0.2, -0.15) is 0 Å². The van der Waals surface area contributed by atoms with Crippen molar-refractivity contribution in [2.24, 2.45) is 0 Å². The predicted molar refractivity (Wildman–Crippen MR) is 90.7 cm³/mol. The van der Waals surface area contributed by atoms with E-state index in [0.717, 1.165) is 19.6 Å². The van der Waals surface area contributed by atoms with Crippen molar-refractivity contribution in [3.8, 4) is 0 Å². The van der Waals surface area contributed by atoms with E-state index in [0.29, 0.717) is 0 Å². The van der Waals surface area contributed by atoms with E-state index in [-0.39, 0.29) is 6.61 Å². The second kappa shape index (κ2) is 7.21. The first-order valence-corrected chi connectivity index (χ1v) is 7.82. The van der Waals surface area contributed by atoms with Crippen LogP contribution in [0.5, 0.6) is 0 Å². The van der Waals surface area contributed by atoms with Gasteiger partial charge in [0.05, 0.1) is 6.61 Å². The lowest BCUT2D eigenvalue weighted by molar-refractivity contribution is -0.927. The summed E-state index contributed by atoms with van der Waals surface area (Å²) in [5, 5.41) is 12.0. The lowest BCUT2D eigenvalue weighted by atomic mass is 10.0. The van der Waals surface area contributed by atoms with Crippen LogP contribution >= 0.6 is 0 Å². The highest BCUT2D eigenvalue weighted by molar-refractivity contribution is 5.85. The van der Waals surface area contributed by atoms with Crippen molar-refractivity contribution < 1.29 is 10.0 Å². The Balaban J connectivity index is 1.83. The molecule has 0 saturated heterocycles. The number of aliphatic hydroxyl groups excluding tert-OH is 1. The molecule has 0 aliphatic carbocycles. The minimum Gasteiger partial charge on any atom is -0.391 e. The summed E-state index contributed by atoms with van der Waals surface area (Å²) >= 11 is 0. The van der Waals surface area contributed by atoms with Gasteiger partial charge in [-0.05, 0) is 10.8 Å². The van der Waals surface area contributed by atoms with Crippen molar-refractivity contribution in [2.45, 2.75) is 13.1 Å². The molecule has 3 aromatic carbocycles. The van der Waals surface area contributed by atoms with Crippen LogP contribution in [0.2, 0.25) is 0 Å². The molecule has 2 N–H and O–H groups in total. The molecule has 0 aromatic heterocycles. The quantitative estimate of drug-likeness (QED) is 0.716. The van der Waals surface area contributed by atoms with Gasteiger partial charge >= 0.3 is 0 Å². The zero-order valence-electron chi connectivity index (χ0n) is 12.7. The molecular weight excluding hydrogens is 270 g/mol. The van der Waals surface area contributed by atoms with Gasteiger partial charge in [0, 0.05) is 11.1 Å². The van der Waals surface area contributed by atoms with Gasteiger partial charge in [0.15, 0.2) is 0 Å². The van der Waals surface area contributed by atoms with Gasteiger partial charge in [0.2, 0.25) is 0 Å². The maximum atomic E-state index is 9.39. The number of aliphatic hydroxyl groups is 1. The number of hydrogen-bond acceptors (Lipinski definition) is 1. The molecule has 0 saturated carbocycles. The monoisotopic (exact) mass is 292 g/mol. The van der Waals surface area contributed by atoms with Crippen molar-refractivity contribution in [1.29, 1.82) is 0 Å². The van der Waals surface area contributed by atoms with Crippen LogP contribution in [-0.4, -0.2) is 18.3 Å². The highest BCUT2D eigenvalue weighted by atomic mass is 16.3. The number of fused-ring (bicyclic) bond motifs is 1. The van der Waals surface area contributed by atoms with E-state index in [9.17, 15) is 5.11 Å². The molecule has 3 rings (SSSR count). The van der Waals surface area contributed by atoms with E-state index >= 15 is 0 Å². The van der Waals surface area contributed by atoms with E-state index < -0.39 is 0 Å². The number of nitrogens with one attached hydrogen (secondary N) is 1. The fraction of sp³-hybridized carbons (Fsp3) is 0.200. The Morgan fingerprint density at radius 1 is 0.727 bits per heavy atom. The van der Waals surface area contributed by atoms with Gasteiger partial charge in [-0.1, -0.05) is 72.8 Å². The molecule has 2 heteroatoms. The van der Waals surface area contributed by atoms with Gasteiger partial charge < -0.3 is 10.0 Å². The molecule has 0 radical (unpaired) electrons. The fourth-order valence-corrected chi connectivity index (χ4v) is 3.00. The van der Waals surface area contributed by atoms with Gasteiger partial charge in [0.25, 0.3) is 0 Å². The molecule has 112 valence electrons. The Kier molecular flexibility index (Phi) is 4.84. The molecular formula is C20H22NO+. The summed E-state index contributed by atoms with van der Waals surface area (Å²) in [5.74, 6) is 0. The topological polar surface area (TPSA) is 24.7 Å². The summed E-state index contributed by atoms with van der Waals surface area (Å²) in [6, 6.07) is 25.5. The van der Waals surface area contributed by atoms with Crippen LogP contribution in [0.25, 0.3) is 10.8 Å². The van der Waals surface area contributed by atoms with Crippen LogP contribution < -0.4 is 4.90 Å². The number of hydrogen-bond donors (Lipinski definition) is 2. The molecule has 2 nitrogen and oxygen atoms in total. The molecule has 3 aromatic rings. The van der Waals surface area contributed by atoms with Crippen LogP contribution in [0.15, 0.2) is 72.8 Å². The zero-order valence-corrected chi connectivity index (χ0v) is 12.7. The van der Waals surface area contributed by atoms with Crippen LogP contribution in [-0.2, 0) is 13.1 Å². The molecule has 0 bridgehead atoms. The summed E-state index contributed by atoms with van der Waals surface area (Å²) in [6.45, 7) is 2.84. The minimum absolute atomic E-state index is 0.215. The third-order valence-corrected chi connectivity index (χ3v) is 4.08. The van der Waals surface area contributed by atoms with E-state index in [1.165, 1.54) is 26.8 Å². The van der Waals surface area contributed by atoms with Crippen molar-refractivity contribution >= 4 is 10.8 Å². The van der Waals surface area contributed by atoms with Crippen molar-refractivity contribution in [3.05, 3.63) is 83.9 Å². The fourth-order valence-electron chi connectivity index (χ4n) is 3.00. The Labute approximate surface area is 131 Å². The third kappa shape index (κ3) is 3.53. The highest BCUT2D eigenvalue weighted by Gasteiger charge is 2.12. The highest BCUT2D eigenvalue weighted by Crippen LogP contribution is 2.17. The van der Waals surface area contributed by atoms with Crippen molar-refractivity contribution in [1.82, 2.24) is 0 Å². The molecule has 1 atom stereocenters. The Morgan fingerprint density at radius 2 is 1.45 bits per heavy atom. The smallest absolute Gasteiger partial charge is 0.104 e. The Hall–Kier alpha value is -2.16. The van der Waals surface area contributed by atoms with E-state index in [1.54, 1.807) is 0 Å². The van der Waals surface area contributed by atoms with Crippen LogP contribution in [0.4, 0.5) is 0 Å². The van der Waals surface area contributed by atoms with Crippen LogP contribution in [0.3, 0.4) is 0 Å². The summed E-state index contributed by atoms with van der Waals surface area (Å²) in [5.41, 5.74) is 2.66. The number of rotatable bonds is 6. The molecule has 0 aliphatic rings. The third-order valence-electron chi connectivity index (χ3n) is 4.08. The van der Waals surface area contributed by atoms with Gasteiger partial charge in [-0.25, -0.2) is 0 Å². The molecule has 22 heavy (non-hydrogen) atoms. The first-order valence-electron chi connectivity index (χ1n) is 7.82. The Bertz CT molecular complexity index is 719. The molecule has 1 unspecified atom stereocenters. The maximum Gasteiger partial charge on any atom is 0.104 e. The molecule has 0 amide bonds. The SMILES string of the molecule is OCC[NH+](Cc1ccccc1)Cc1cccc2ccccc12. The minimum atomic E-state index is 0.215. The van der Waals surface area contributed by atoms with Gasteiger partial charge in [0.1, 0.15) is 19.6 Å². The number of benzene rings is 3. The second-order valence-corrected chi connectivity index (χ2v) is 5.70. The molecule has 0 heterocycles. The van der Waals surface area contributed by atoms with Crippen LogP contribution in [0.1, 0.15) is 11.1 Å². The lowest BCUT2D eigenvalue weighted by Crippen LogP contribution is -3.09. The normalized spacial score (nSPS) is 12.4. The average molecular weight is 292 g/mol. The average Bonchev–Trinajstić information content (AvgIpc) is 2.56. The Morgan fingerprint density at radius 3 is 2.27 bits per heavy atom. The largest absolute Gasteiger partial charge is 0.391 e. The standard InChI is InChI=1S/C20H21NO/c22-14-13-21(15-17-7-2-1-3-8-17)16-19-11-6-10-18-9-4-5-12-20(18)19/h1-12,22H,13-16H2/p+1. The summed E-state index contributed by atoms with van der Waals surface area (Å²) in [4.78, 5) is 1.38. The van der Waals surface area contributed by atoms with Crippen LogP contribution in [0, 0.1) is 0 Å².